The van der Waals surface area contributed by atoms with Crippen molar-refractivity contribution in [1.29, 1.82) is 0 Å². The Morgan fingerprint density at radius 2 is 0.833 bits per heavy atom. The molecule has 0 spiro atoms. The Morgan fingerprint density at radius 1 is 0.833 bits per heavy atom. The molecule has 0 rings (SSSR count). The molecule has 0 fully saturated rings. The maximum absolute atomic E-state index is 0. The summed E-state index contributed by atoms with van der Waals surface area (Å²) in [6, 6.07) is 0. The minimum Gasteiger partial charge on any atom is 2.00 e. The van der Waals surface area contributed by atoms with Gasteiger partial charge in [-0.15, -0.1) is 0 Å². The molecule has 0 nitrogen and oxygen atoms in total. The van der Waals surface area contributed by atoms with Crippen LogP contribution in [0.15, 0.2) is 0 Å². The van der Waals surface area contributed by atoms with Crippen LogP contribution in [0.25, 0.3) is 0 Å². The zero-order chi connectivity index (χ0) is 0. The molecule has 0 radical (unpaired) electrons. The molecule has 0 heterocycles. The van der Waals surface area contributed by atoms with Crippen molar-refractivity contribution in [2.45, 2.75) is 0 Å². The second-order valence-corrected chi connectivity index (χ2v) is 0. The van der Waals surface area contributed by atoms with E-state index < -0.39 is 0 Å². The van der Waals surface area contributed by atoms with E-state index in [0.29, 0.717) is 0 Å². The van der Waals surface area contributed by atoms with Gasteiger partial charge in [0.05, 0.1) is 0 Å². The molecule has 0 aromatic heterocycles. The summed E-state index contributed by atoms with van der Waals surface area (Å²) in [6.45, 7) is 0. The van der Waals surface area contributed by atoms with Gasteiger partial charge in [0.2, 0.25) is 0 Å². The molecular weight excluding hydrogens is 265 g/mol. The van der Waals surface area contributed by atoms with Crippen molar-refractivity contribution in [2.75, 3.05) is 0 Å². The maximum atomic E-state index is 0. The number of hydrogen-bond donors (Lipinski definition) is 0. The van der Waals surface area contributed by atoms with Crippen LogP contribution in [0.3, 0.4) is 0 Å². The van der Waals surface area contributed by atoms with Crippen molar-refractivity contribution in [3.05, 3.63) is 0 Å². The average molecular weight is 269 g/mol. The van der Waals surface area contributed by atoms with Crippen LogP contribution in [0.2, 0.25) is 0 Å². The number of rotatable bonds is 0. The van der Waals surface area contributed by atoms with E-state index in [1.165, 1.54) is 0 Å². The molecule has 6 heavy (non-hydrogen) atoms. The Labute approximate surface area is 98.7 Å². The molecule has 0 aromatic rings. The van der Waals surface area contributed by atoms with Gasteiger partial charge < -0.3 is 27.0 Å². The maximum Gasteiger partial charge on any atom is 2.00 e. The molecule has 0 atom stereocenters. The van der Waals surface area contributed by atoms with Crippen LogP contribution in [0.5, 0.6) is 0 Å². The Kier molecular flexibility index (Phi) is 476. The van der Waals surface area contributed by atoms with E-state index in [1.54, 1.807) is 0 Å². The van der Waals surface area contributed by atoms with Crippen molar-refractivity contribution in [3.63, 3.8) is 0 Å². The second kappa shape index (κ2) is 44.0. The van der Waals surface area contributed by atoms with Gasteiger partial charge >= 0.3 is 59.6 Å². The summed E-state index contributed by atoms with van der Waals surface area (Å²) in [5.41, 5.74) is 0. The largest absolute Gasteiger partial charge is 2.00 e. The molecular formula is H4MgS3SeZn. The third-order valence-electron chi connectivity index (χ3n) is 0. The van der Waals surface area contributed by atoms with Crippen LogP contribution >= 0.6 is 13.5 Å². The monoisotopic (exact) mass is 268 g/mol. The third-order valence-corrected chi connectivity index (χ3v) is 0. The third kappa shape index (κ3) is 28.2. The first kappa shape index (κ1) is 64.8. The summed E-state index contributed by atoms with van der Waals surface area (Å²) in [5.74, 6) is 0. The summed E-state index contributed by atoms with van der Waals surface area (Å²) in [5, 5.41) is 0. The second-order valence-electron chi connectivity index (χ2n) is 0. The van der Waals surface area contributed by atoms with Crippen LogP contribution in [0, 0.1) is 0 Å². The Hall–Kier alpha value is 2.96. The van der Waals surface area contributed by atoms with E-state index in [9.17, 15) is 0 Å². The van der Waals surface area contributed by atoms with Crippen molar-refractivity contribution < 1.29 is 19.5 Å². The fourth-order valence-electron chi connectivity index (χ4n) is 0. The summed E-state index contributed by atoms with van der Waals surface area (Å²) < 4.78 is 0. The van der Waals surface area contributed by atoms with Crippen molar-refractivity contribution in [1.82, 2.24) is 0 Å². The topological polar surface area (TPSA) is 0 Å². The molecule has 0 amide bonds. The van der Waals surface area contributed by atoms with E-state index in [0.717, 1.165) is 0 Å². The van der Waals surface area contributed by atoms with Gasteiger partial charge in [0.1, 0.15) is 0 Å². The molecule has 0 aliphatic rings. The predicted octanol–water partition coefficient (Wildman–Crippen LogP) is -1.19. The van der Waals surface area contributed by atoms with Gasteiger partial charge in [-0.25, -0.2) is 0 Å². The van der Waals surface area contributed by atoms with Gasteiger partial charge in [0.15, 0.2) is 0 Å². The molecule has 0 unspecified atom stereocenters. The molecule has 0 aromatic carbocycles. The van der Waals surface area contributed by atoms with Crippen LogP contribution in [0.1, 0.15) is 0 Å². The minimum atomic E-state index is 0. The summed E-state index contributed by atoms with van der Waals surface area (Å²) in [6.07, 6.45) is 0. The van der Waals surface area contributed by atoms with Gasteiger partial charge in [0, 0.05) is 0 Å². The van der Waals surface area contributed by atoms with Crippen LogP contribution in [-0.2, 0) is 46.5 Å². The summed E-state index contributed by atoms with van der Waals surface area (Å²) >= 11 is 0. The Bertz CT molecular complexity index is 10.8. The fourth-order valence-corrected chi connectivity index (χ4v) is 0. The summed E-state index contributed by atoms with van der Waals surface area (Å²) in [4.78, 5) is 0. The van der Waals surface area contributed by atoms with Gasteiger partial charge in [0.25, 0.3) is 0 Å². The zero-order valence-corrected chi connectivity index (χ0v) is 12.3. The van der Waals surface area contributed by atoms with E-state index in [2.05, 4.69) is 0 Å². The molecule has 0 N–H and O–H groups in total. The normalized spacial score (nSPS) is 0. The van der Waals surface area contributed by atoms with E-state index in [4.69, 9.17) is 0 Å². The SMILES string of the molecule is S.[Mg+2].[S-2].[S-2].[SeH2].[Zn+2]. The van der Waals surface area contributed by atoms with Gasteiger partial charge in [-0.05, 0) is 0 Å². The first-order valence-corrected chi connectivity index (χ1v) is 0. The van der Waals surface area contributed by atoms with Crippen molar-refractivity contribution in [2.24, 2.45) is 0 Å². The first-order chi connectivity index (χ1) is 0. The van der Waals surface area contributed by atoms with Crippen molar-refractivity contribution >= 4 is 80.6 Å². The molecule has 0 saturated carbocycles. The molecule has 6 heteroatoms. The van der Waals surface area contributed by atoms with Gasteiger partial charge in [-0.3, -0.25) is 0 Å². The van der Waals surface area contributed by atoms with Gasteiger partial charge in [-0.1, -0.05) is 0 Å². The minimum absolute atomic E-state index is 0. The molecule has 32 valence electrons. The molecule has 0 aliphatic carbocycles. The molecule has 0 saturated heterocycles. The van der Waals surface area contributed by atoms with Crippen LogP contribution < -0.4 is 0 Å². The standard InChI is InChI=1S/Mg.H2S.2S.H2Se.Zn/h;1H2;;;1H2;/q+2;;2*-2;;+2. The van der Waals surface area contributed by atoms with Crippen molar-refractivity contribution in [3.8, 4) is 0 Å². The average Bonchev–Trinajstić information content (AvgIpc) is 0. The van der Waals surface area contributed by atoms with E-state index >= 15 is 0 Å². The van der Waals surface area contributed by atoms with E-state index in [1.807, 2.05) is 0 Å². The first-order valence-electron chi connectivity index (χ1n) is 0. The van der Waals surface area contributed by atoms with E-state index in [-0.39, 0.29) is 100 Å². The molecule has 0 bridgehead atoms. The molecule has 0 aliphatic heterocycles. The Morgan fingerprint density at radius 3 is 0.833 bits per heavy atom. The smallest absolute Gasteiger partial charge is 2.00 e. The fraction of sp³-hybridized carbons (Fsp3) is 0. The number of hydrogen-bond acceptors (Lipinski definition) is 0. The van der Waals surface area contributed by atoms with Crippen LogP contribution in [0.4, 0.5) is 0 Å². The summed E-state index contributed by atoms with van der Waals surface area (Å²) in [7, 11) is 0. The quantitative estimate of drug-likeness (QED) is 0.485. The van der Waals surface area contributed by atoms with Crippen LogP contribution in [-0.4, -0.2) is 40.1 Å². The predicted molar refractivity (Wildman–Crippen MR) is 39.4 cm³/mol. The van der Waals surface area contributed by atoms with Gasteiger partial charge in [-0.2, -0.15) is 13.5 Å². The zero-order valence-electron chi connectivity index (χ0n) is 3.23. The Balaban J connectivity index is 0.